The molecule has 0 bridgehead atoms. The van der Waals surface area contributed by atoms with Gasteiger partial charge in [0.05, 0.1) is 6.54 Å². The molecule has 0 unspecified atom stereocenters. The lowest BCUT2D eigenvalue weighted by atomic mass is 10.2. The number of carbonyl (C=O) groups excluding carboxylic acids is 1. The topological polar surface area (TPSA) is 63.6 Å². The van der Waals surface area contributed by atoms with Gasteiger partial charge < -0.3 is 10.1 Å². The van der Waals surface area contributed by atoms with Gasteiger partial charge in [-0.3, -0.25) is 9.79 Å². The van der Waals surface area contributed by atoms with E-state index < -0.39 is 12.8 Å². The molecule has 2 heterocycles. The van der Waals surface area contributed by atoms with Crippen molar-refractivity contribution in [3.8, 4) is 5.88 Å². The van der Waals surface area contributed by atoms with Crippen LogP contribution < -0.4 is 10.1 Å². The van der Waals surface area contributed by atoms with E-state index in [0.29, 0.717) is 17.7 Å². The lowest BCUT2D eigenvalue weighted by Crippen LogP contribution is -2.25. The summed E-state index contributed by atoms with van der Waals surface area (Å²) in [7, 11) is 0. The highest BCUT2D eigenvalue weighted by molar-refractivity contribution is 6.06. The van der Waals surface area contributed by atoms with E-state index in [-0.39, 0.29) is 18.3 Å². The fourth-order valence-electron chi connectivity index (χ4n) is 1.74. The molecule has 1 amide bonds. The summed E-state index contributed by atoms with van der Waals surface area (Å²) in [5.41, 5.74) is 2.04. The zero-order valence-corrected chi connectivity index (χ0v) is 11.8. The highest BCUT2D eigenvalue weighted by atomic mass is 19.4. The Hall–Kier alpha value is -2.38. The first-order valence-electron chi connectivity index (χ1n) is 6.48. The Morgan fingerprint density at radius 2 is 2.18 bits per heavy atom. The third kappa shape index (κ3) is 4.87. The van der Waals surface area contributed by atoms with Crippen LogP contribution in [-0.2, 0) is 11.3 Å². The maximum Gasteiger partial charge on any atom is 0.422 e. The Morgan fingerprint density at radius 3 is 2.73 bits per heavy atom. The van der Waals surface area contributed by atoms with Crippen LogP contribution in [-0.4, -0.2) is 35.9 Å². The third-order valence-corrected chi connectivity index (χ3v) is 2.81. The maximum absolute atomic E-state index is 12.0. The lowest BCUT2D eigenvalue weighted by molar-refractivity contribution is -0.154. The second-order valence-electron chi connectivity index (χ2n) is 4.72. The number of allylic oxidation sites excluding steroid dienone is 1. The molecule has 0 spiro atoms. The Kier molecular flexibility index (Phi) is 4.79. The number of alkyl halides is 3. The number of nitrogens with zero attached hydrogens (tertiary/aromatic N) is 2. The maximum atomic E-state index is 12.0. The number of nitrogens with one attached hydrogen (secondary N) is 1. The molecule has 0 saturated heterocycles. The molecule has 1 aliphatic rings. The number of amides is 1. The third-order valence-electron chi connectivity index (χ3n) is 2.81. The van der Waals surface area contributed by atoms with Gasteiger partial charge in [0, 0.05) is 30.1 Å². The van der Waals surface area contributed by atoms with Crippen molar-refractivity contribution in [1.82, 2.24) is 10.3 Å². The number of hydrogen-bond acceptors (Lipinski definition) is 4. The minimum Gasteiger partial charge on any atom is -0.468 e. The van der Waals surface area contributed by atoms with Gasteiger partial charge in [0.15, 0.2) is 6.61 Å². The summed E-state index contributed by atoms with van der Waals surface area (Å²) in [6.07, 6.45) is -1.33. The number of halogens is 3. The van der Waals surface area contributed by atoms with Crippen LogP contribution >= 0.6 is 0 Å². The van der Waals surface area contributed by atoms with Crippen LogP contribution in [0.1, 0.15) is 12.5 Å². The molecule has 1 aromatic rings. The van der Waals surface area contributed by atoms with Crippen molar-refractivity contribution in [2.24, 2.45) is 4.99 Å². The predicted molar refractivity (Wildman–Crippen MR) is 73.7 cm³/mol. The van der Waals surface area contributed by atoms with E-state index in [2.05, 4.69) is 20.0 Å². The molecule has 2 rings (SSSR count). The molecule has 0 fully saturated rings. The van der Waals surface area contributed by atoms with E-state index in [4.69, 9.17) is 0 Å². The number of aromatic nitrogens is 1. The van der Waals surface area contributed by atoms with Crippen molar-refractivity contribution in [1.29, 1.82) is 0 Å². The largest absolute Gasteiger partial charge is 0.468 e. The average molecular weight is 313 g/mol. The number of aliphatic imine (C=N–C) groups is 1. The van der Waals surface area contributed by atoms with E-state index in [0.717, 1.165) is 5.71 Å². The first-order valence-corrected chi connectivity index (χ1v) is 6.48. The van der Waals surface area contributed by atoms with Crippen molar-refractivity contribution in [2.75, 3.05) is 13.2 Å². The van der Waals surface area contributed by atoms with E-state index in [1.54, 1.807) is 12.1 Å². The van der Waals surface area contributed by atoms with E-state index in [1.165, 1.54) is 12.3 Å². The predicted octanol–water partition coefficient (Wildman–Crippen LogP) is 2.04. The van der Waals surface area contributed by atoms with Crippen LogP contribution in [0.3, 0.4) is 0 Å². The van der Waals surface area contributed by atoms with E-state index in [9.17, 15) is 18.0 Å². The molecule has 8 heteroatoms. The first-order chi connectivity index (χ1) is 10.3. The Labute approximate surface area is 124 Å². The van der Waals surface area contributed by atoms with Crippen molar-refractivity contribution >= 4 is 11.6 Å². The number of carbonyl (C=O) groups is 1. The molecule has 1 N–H and O–H groups in total. The summed E-state index contributed by atoms with van der Waals surface area (Å²) in [4.78, 5) is 19.7. The van der Waals surface area contributed by atoms with Gasteiger partial charge in [-0.2, -0.15) is 13.2 Å². The second-order valence-corrected chi connectivity index (χ2v) is 4.72. The Morgan fingerprint density at radius 1 is 1.41 bits per heavy atom. The molecule has 0 saturated carbocycles. The minimum absolute atomic E-state index is 0.116. The van der Waals surface area contributed by atoms with Crippen LogP contribution in [0.4, 0.5) is 13.2 Å². The standard InChI is InChI=1S/C14H14F3N3O2/c1-9-4-11(7-18-9)13(21)20-6-10-2-3-12(19-5-10)22-8-14(15,16)17/h2-5H,6-8H2,1H3,(H,20,21). The molecular formula is C14H14F3N3O2. The van der Waals surface area contributed by atoms with Crippen molar-refractivity contribution in [3.05, 3.63) is 35.5 Å². The molecule has 118 valence electrons. The van der Waals surface area contributed by atoms with Gasteiger partial charge in [-0.15, -0.1) is 0 Å². The minimum atomic E-state index is -4.40. The van der Waals surface area contributed by atoms with Crippen LogP contribution in [0.25, 0.3) is 0 Å². The summed E-state index contributed by atoms with van der Waals surface area (Å²) in [6, 6.07) is 2.87. The van der Waals surface area contributed by atoms with Gasteiger partial charge in [-0.25, -0.2) is 4.98 Å². The normalized spacial score (nSPS) is 14.4. The summed E-state index contributed by atoms with van der Waals surface area (Å²) < 4.78 is 40.5. The van der Waals surface area contributed by atoms with Crippen LogP contribution in [0, 0.1) is 0 Å². The lowest BCUT2D eigenvalue weighted by Gasteiger charge is -2.09. The number of ether oxygens (including phenoxy) is 1. The second kappa shape index (κ2) is 6.59. The molecule has 0 aliphatic carbocycles. The van der Waals surface area contributed by atoms with E-state index >= 15 is 0 Å². The summed E-state index contributed by atoms with van der Waals surface area (Å²) in [6.45, 7) is 1.01. The first kappa shape index (κ1) is 16.0. The molecule has 0 atom stereocenters. The van der Waals surface area contributed by atoms with Gasteiger partial charge in [0.2, 0.25) is 11.8 Å². The molecule has 22 heavy (non-hydrogen) atoms. The SMILES string of the molecule is CC1=NCC(C(=O)NCc2ccc(OCC(F)(F)F)nc2)=C1. The highest BCUT2D eigenvalue weighted by Gasteiger charge is 2.28. The summed E-state index contributed by atoms with van der Waals surface area (Å²) in [5.74, 6) is -0.340. The zero-order chi connectivity index (χ0) is 16.2. The fraction of sp³-hybridized carbons (Fsp3) is 0.357. The Balaban J connectivity index is 1.82. The average Bonchev–Trinajstić information content (AvgIpc) is 2.89. The summed E-state index contributed by atoms with van der Waals surface area (Å²) >= 11 is 0. The van der Waals surface area contributed by atoms with Gasteiger partial charge in [0.1, 0.15) is 0 Å². The van der Waals surface area contributed by atoms with Crippen LogP contribution in [0.5, 0.6) is 5.88 Å². The number of pyridine rings is 1. The quantitative estimate of drug-likeness (QED) is 0.905. The zero-order valence-electron chi connectivity index (χ0n) is 11.8. The van der Waals surface area contributed by atoms with Gasteiger partial charge >= 0.3 is 6.18 Å². The van der Waals surface area contributed by atoms with Crippen molar-refractivity contribution < 1.29 is 22.7 Å². The molecule has 1 aliphatic heterocycles. The molecule has 1 aromatic heterocycles. The smallest absolute Gasteiger partial charge is 0.422 e. The molecule has 0 radical (unpaired) electrons. The fourth-order valence-corrected chi connectivity index (χ4v) is 1.74. The molecule has 5 nitrogen and oxygen atoms in total. The molecular weight excluding hydrogens is 299 g/mol. The highest BCUT2D eigenvalue weighted by Crippen LogP contribution is 2.17. The van der Waals surface area contributed by atoms with Crippen LogP contribution in [0.15, 0.2) is 35.0 Å². The number of hydrogen-bond donors (Lipinski definition) is 1. The van der Waals surface area contributed by atoms with Gasteiger partial charge in [-0.1, -0.05) is 6.07 Å². The molecule has 0 aromatic carbocycles. The monoisotopic (exact) mass is 313 g/mol. The van der Waals surface area contributed by atoms with Gasteiger partial charge in [-0.05, 0) is 18.6 Å². The van der Waals surface area contributed by atoms with Crippen molar-refractivity contribution in [2.45, 2.75) is 19.6 Å². The Bertz CT molecular complexity index is 607. The van der Waals surface area contributed by atoms with Crippen molar-refractivity contribution in [3.63, 3.8) is 0 Å². The van der Waals surface area contributed by atoms with Gasteiger partial charge in [0.25, 0.3) is 0 Å². The van der Waals surface area contributed by atoms with E-state index in [1.807, 2.05) is 6.92 Å². The number of rotatable bonds is 5. The summed E-state index contributed by atoms with van der Waals surface area (Å²) in [5, 5.41) is 2.70. The van der Waals surface area contributed by atoms with Crippen LogP contribution in [0.2, 0.25) is 0 Å².